The smallest absolute Gasteiger partial charge is 0.234 e. The maximum absolute atomic E-state index is 12.2. The number of nitrogens with one attached hydrogen (secondary N) is 1. The lowest BCUT2D eigenvalue weighted by molar-refractivity contribution is -0.124. The third-order valence-corrected chi connectivity index (χ3v) is 4.50. The Kier molecular flexibility index (Phi) is 5.36. The lowest BCUT2D eigenvalue weighted by Gasteiger charge is -2.34. The van der Waals surface area contributed by atoms with Gasteiger partial charge >= 0.3 is 0 Å². The summed E-state index contributed by atoms with van der Waals surface area (Å²) in [5.41, 5.74) is 6.11. The molecular weight excluding hydrogens is 334 g/mol. The van der Waals surface area contributed by atoms with Crippen LogP contribution >= 0.6 is 15.9 Å². The Morgan fingerprint density at radius 1 is 1.29 bits per heavy atom. The highest BCUT2D eigenvalue weighted by Crippen LogP contribution is 2.21. The van der Waals surface area contributed by atoms with Crippen LogP contribution < -0.4 is 11.1 Å². The number of anilines is 1. The number of halogens is 1. The van der Waals surface area contributed by atoms with Gasteiger partial charge in [0.05, 0.1) is 6.04 Å². The standard InChI is InChI=1S/C15H20BrN3O2/c1-10(14(17)20)19-8-6-11(7-9-19)15(21)18-13-4-2-12(16)3-5-13/h2-5,10-11H,6-9H2,1H3,(H2,17,20)(H,18,21). The second-order valence-corrected chi connectivity index (χ2v) is 6.30. The Balaban J connectivity index is 1.85. The lowest BCUT2D eigenvalue weighted by Crippen LogP contribution is -2.47. The van der Waals surface area contributed by atoms with Gasteiger partial charge in [-0.3, -0.25) is 14.5 Å². The fourth-order valence-corrected chi connectivity index (χ4v) is 2.77. The Morgan fingerprint density at radius 3 is 2.38 bits per heavy atom. The van der Waals surface area contributed by atoms with Gasteiger partial charge in [0.2, 0.25) is 11.8 Å². The van der Waals surface area contributed by atoms with Crippen molar-refractivity contribution in [1.82, 2.24) is 4.90 Å². The molecule has 0 saturated carbocycles. The van der Waals surface area contributed by atoms with Crippen LogP contribution in [-0.4, -0.2) is 35.8 Å². The zero-order chi connectivity index (χ0) is 15.4. The van der Waals surface area contributed by atoms with Gasteiger partial charge in [-0.1, -0.05) is 15.9 Å². The first-order chi connectivity index (χ1) is 9.97. The average Bonchev–Trinajstić information content (AvgIpc) is 2.49. The molecule has 1 unspecified atom stereocenters. The first-order valence-electron chi connectivity index (χ1n) is 7.07. The van der Waals surface area contributed by atoms with Crippen molar-refractivity contribution in [2.24, 2.45) is 11.7 Å². The van der Waals surface area contributed by atoms with Gasteiger partial charge in [-0.2, -0.15) is 0 Å². The van der Waals surface area contributed by atoms with Crippen LogP contribution in [0.5, 0.6) is 0 Å². The van der Waals surface area contributed by atoms with Gasteiger partial charge in [-0.05, 0) is 57.1 Å². The molecule has 0 spiro atoms. The number of primary amides is 1. The van der Waals surface area contributed by atoms with E-state index in [4.69, 9.17) is 5.73 Å². The van der Waals surface area contributed by atoms with Gasteiger partial charge in [0.25, 0.3) is 0 Å². The van der Waals surface area contributed by atoms with E-state index in [0.29, 0.717) is 0 Å². The zero-order valence-corrected chi connectivity index (χ0v) is 13.6. The molecule has 2 rings (SSSR count). The second kappa shape index (κ2) is 7.04. The summed E-state index contributed by atoms with van der Waals surface area (Å²) in [7, 11) is 0. The van der Waals surface area contributed by atoms with E-state index in [-0.39, 0.29) is 23.8 Å². The minimum Gasteiger partial charge on any atom is -0.368 e. The number of piperidine rings is 1. The van der Waals surface area contributed by atoms with E-state index >= 15 is 0 Å². The fourth-order valence-electron chi connectivity index (χ4n) is 2.51. The third kappa shape index (κ3) is 4.28. The summed E-state index contributed by atoms with van der Waals surface area (Å²) in [6, 6.07) is 7.26. The minimum atomic E-state index is -0.312. The van der Waals surface area contributed by atoms with Crippen molar-refractivity contribution in [3.8, 4) is 0 Å². The number of benzene rings is 1. The molecule has 0 radical (unpaired) electrons. The highest BCUT2D eigenvalue weighted by atomic mass is 79.9. The molecule has 1 aromatic carbocycles. The molecule has 114 valence electrons. The van der Waals surface area contributed by atoms with Crippen molar-refractivity contribution in [1.29, 1.82) is 0 Å². The van der Waals surface area contributed by atoms with Gasteiger partial charge in [-0.15, -0.1) is 0 Å². The van der Waals surface area contributed by atoms with E-state index < -0.39 is 0 Å². The zero-order valence-electron chi connectivity index (χ0n) is 12.0. The topological polar surface area (TPSA) is 75.4 Å². The summed E-state index contributed by atoms with van der Waals surface area (Å²) in [4.78, 5) is 25.4. The highest BCUT2D eigenvalue weighted by molar-refractivity contribution is 9.10. The predicted molar refractivity (Wildman–Crippen MR) is 85.7 cm³/mol. The maximum Gasteiger partial charge on any atom is 0.234 e. The predicted octanol–water partition coefficient (Wildman–Crippen LogP) is 1.97. The number of nitrogens with two attached hydrogens (primary N) is 1. The Labute approximate surface area is 133 Å². The number of hydrogen-bond donors (Lipinski definition) is 2. The molecule has 0 aliphatic carbocycles. The highest BCUT2D eigenvalue weighted by Gasteiger charge is 2.28. The Bertz CT molecular complexity index is 510. The molecule has 1 heterocycles. The normalized spacial score (nSPS) is 18.2. The molecule has 2 amide bonds. The van der Waals surface area contributed by atoms with Crippen LogP contribution in [0.3, 0.4) is 0 Å². The van der Waals surface area contributed by atoms with Crippen LogP contribution in [0.4, 0.5) is 5.69 Å². The Morgan fingerprint density at radius 2 is 1.86 bits per heavy atom. The molecule has 21 heavy (non-hydrogen) atoms. The maximum atomic E-state index is 12.2. The van der Waals surface area contributed by atoms with Crippen LogP contribution in [0, 0.1) is 5.92 Å². The third-order valence-electron chi connectivity index (χ3n) is 3.97. The monoisotopic (exact) mass is 353 g/mol. The molecule has 1 saturated heterocycles. The molecule has 6 heteroatoms. The molecule has 1 aliphatic heterocycles. The fraction of sp³-hybridized carbons (Fsp3) is 0.467. The molecule has 5 nitrogen and oxygen atoms in total. The van der Waals surface area contributed by atoms with Crippen LogP contribution in [0.15, 0.2) is 28.7 Å². The number of nitrogens with zero attached hydrogens (tertiary/aromatic N) is 1. The molecule has 1 fully saturated rings. The SMILES string of the molecule is CC(C(N)=O)N1CCC(C(=O)Nc2ccc(Br)cc2)CC1. The first kappa shape index (κ1) is 16.0. The summed E-state index contributed by atoms with van der Waals surface area (Å²) >= 11 is 3.36. The van der Waals surface area contributed by atoms with Gasteiger partial charge in [-0.25, -0.2) is 0 Å². The van der Waals surface area contributed by atoms with Gasteiger partial charge in [0.1, 0.15) is 0 Å². The van der Waals surface area contributed by atoms with Crippen molar-refractivity contribution >= 4 is 33.4 Å². The minimum absolute atomic E-state index is 0.00928. The van der Waals surface area contributed by atoms with Crippen LogP contribution in [0.25, 0.3) is 0 Å². The van der Waals surface area contributed by atoms with Gasteiger partial charge in [0.15, 0.2) is 0 Å². The van der Waals surface area contributed by atoms with E-state index in [1.54, 1.807) is 0 Å². The number of likely N-dealkylation sites (tertiary alicyclic amines) is 1. The van der Waals surface area contributed by atoms with Crippen molar-refractivity contribution < 1.29 is 9.59 Å². The van der Waals surface area contributed by atoms with E-state index in [9.17, 15) is 9.59 Å². The Hall–Kier alpha value is -1.40. The number of carbonyl (C=O) groups is 2. The number of amides is 2. The average molecular weight is 354 g/mol. The largest absolute Gasteiger partial charge is 0.368 e. The molecule has 1 atom stereocenters. The van der Waals surface area contributed by atoms with Crippen LogP contribution in [0.2, 0.25) is 0 Å². The summed E-state index contributed by atoms with van der Waals surface area (Å²) in [5, 5.41) is 2.94. The van der Waals surface area contributed by atoms with Crippen molar-refractivity contribution in [2.45, 2.75) is 25.8 Å². The van der Waals surface area contributed by atoms with Crippen molar-refractivity contribution in [3.05, 3.63) is 28.7 Å². The molecule has 1 aliphatic rings. The number of hydrogen-bond acceptors (Lipinski definition) is 3. The molecule has 1 aromatic rings. The number of carbonyl (C=O) groups excluding carboxylic acids is 2. The molecule has 0 aromatic heterocycles. The molecule has 3 N–H and O–H groups in total. The first-order valence-corrected chi connectivity index (χ1v) is 7.86. The summed E-state index contributed by atoms with van der Waals surface area (Å²) in [6.45, 7) is 3.26. The van der Waals surface area contributed by atoms with E-state index in [0.717, 1.165) is 36.1 Å². The number of rotatable bonds is 4. The van der Waals surface area contributed by atoms with Crippen LogP contribution in [0.1, 0.15) is 19.8 Å². The van der Waals surface area contributed by atoms with Gasteiger partial charge in [0, 0.05) is 16.1 Å². The van der Waals surface area contributed by atoms with Crippen molar-refractivity contribution in [3.63, 3.8) is 0 Å². The summed E-state index contributed by atoms with van der Waals surface area (Å²) < 4.78 is 0.981. The van der Waals surface area contributed by atoms with E-state index in [2.05, 4.69) is 21.2 Å². The second-order valence-electron chi connectivity index (χ2n) is 5.38. The molecular formula is C15H20BrN3O2. The van der Waals surface area contributed by atoms with E-state index in [1.165, 1.54) is 0 Å². The van der Waals surface area contributed by atoms with Crippen LogP contribution in [-0.2, 0) is 9.59 Å². The summed E-state index contributed by atoms with van der Waals surface area (Å²) in [5.74, 6) is -0.276. The van der Waals surface area contributed by atoms with E-state index in [1.807, 2.05) is 36.1 Å². The quantitative estimate of drug-likeness (QED) is 0.868. The summed E-state index contributed by atoms with van der Waals surface area (Å²) in [6.07, 6.45) is 1.50. The van der Waals surface area contributed by atoms with Gasteiger partial charge < -0.3 is 11.1 Å². The lowest BCUT2D eigenvalue weighted by atomic mass is 9.95. The molecule has 0 bridgehead atoms. The van der Waals surface area contributed by atoms with Crippen molar-refractivity contribution in [2.75, 3.05) is 18.4 Å².